The molecule has 0 aliphatic carbocycles. The van der Waals surface area contributed by atoms with E-state index in [4.69, 9.17) is 5.26 Å². The minimum absolute atomic E-state index is 0.149. The third-order valence-electron chi connectivity index (χ3n) is 5.34. The Morgan fingerprint density at radius 1 is 1.00 bits per heavy atom. The van der Waals surface area contributed by atoms with Gasteiger partial charge in [0.05, 0.1) is 34.3 Å². The minimum atomic E-state index is -3.61. The maximum Gasteiger partial charge on any atom is 0.275 e. The molecule has 0 saturated carbocycles. The zero-order valence-corrected chi connectivity index (χ0v) is 17.3. The number of nitrogens with zero attached hydrogens (tertiary/aromatic N) is 5. The average Bonchev–Trinajstić information content (AvgIpc) is 2.78. The van der Waals surface area contributed by atoms with Gasteiger partial charge < -0.3 is 0 Å². The Kier molecular flexibility index (Phi) is 5.39. The normalized spacial score (nSPS) is 15.9. The van der Waals surface area contributed by atoms with Gasteiger partial charge in [-0.1, -0.05) is 18.2 Å². The fourth-order valence-electron chi connectivity index (χ4n) is 3.65. The highest BCUT2D eigenvalue weighted by molar-refractivity contribution is 7.89. The molecular weight excluding hydrogens is 402 g/mol. The topological polar surface area (TPSA) is 99.3 Å². The van der Waals surface area contributed by atoms with Crippen molar-refractivity contribution in [1.29, 1.82) is 5.26 Å². The smallest absolute Gasteiger partial charge is 0.275 e. The van der Waals surface area contributed by atoms with Crippen LogP contribution in [-0.2, 0) is 16.7 Å². The van der Waals surface area contributed by atoms with Crippen molar-refractivity contribution in [2.75, 3.05) is 26.2 Å². The number of rotatable bonds is 4. The van der Waals surface area contributed by atoms with Crippen molar-refractivity contribution in [3.63, 3.8) is 0 Å². The molecule has 0 spiro atoms. The summed E-state index contributed by atoms with van der Waals surface area (Å²) in [5.41, 5.74) is 1.05. The molecule has 1 aliphatic heterocycles. The summed E-state index contributed by atoms with van der Waals surface area (Å²) in [6, 6.07) is 15.3. The molecule has 2 heterocycles. The molecule has 1 fully saturated rings. The summed E-state index contributed by atoms with van der Waals surface area (Å²) in [6.07, 6.45) is 0. The Bertz CT molecular complexity index is 1280. The number of hydrogen-bond donors (Lipinski definition) is 0. The molecule has 154 valence electrons. The highest BCUT2D eigenvalue weighted by atomic mass is 32.2. The number of aryl methyl sites for hydroxylation is 1. The van der Waals surface area contributed by atoms with E-state index in [2.05, 4.69) is 5.10 Å². The summed E-state index contributed by atoms with van der Waals surface area (Å²) in [6.45, 7) is 3.83. The Labute approximate surface area is 174 Å². The molecule has 0 atom stereocenters. The standard InChI is InChI=1S/C21H21N5O3S/c1-16-19-4-2-3-5-20(19)21(27)26(23-16)15-24-10-12-25(13-11-24)30(28,29)18-8-6-17(14-22)7-9-18/h2-9H,10-13,15H2,1H3. The number of benzene rings is 2. The molecule has 4 rings (SSSR count). The quantitative estimate of drug-likeness (QED) is 0.631. The zero-order valence-electron chi connectivity index (χ0n) is 16.5. The summed E-state index contributed by atoms with van der Waals surface area (Å²) in [7, 11) is -3.61. The van der Waals surface area contributed by atoms with Crippen molar-refractivity contribution < 1.29 is 8.42 Å². The molecule has 0 radical (unpaired) electrons. The van der Waals surface area contributed by atoms with Gasteiger partial charge in [0.25, 0.3) is 5.56 Å². The van der Waals surface area contributed by atoms with Gasteiger partial charge in [0.15, 0.2) is 0 Å². The van der Waals surface area contributed by atoms with E-state index in [0.29, 0.717) is 43.8 Å². The molecule has 0 bridgehead atoms. The molecule has 0 N–H and O–H groups in total. The van der Waals surface area contributed by atoms with Crippen LogP contribution in [0, 0.1) is 18.3 Å². The SMILES string of the molecule is Cc1nn(CN2CCN(S(=O)(=O)c3ccc(C#N)cc3)CC2)c(=O)c2ccccc12. The van der Waals surface area contributed by atoms with Crippen molar-refractivity contribution in [3.05, 3.63) is 70.1 Å². The van der Waals surface area contributed by atoms with Crippen LogP contribution in [0.3, 0.4) is 0 Å². The van der Waals surface area contributed by atoms with Crippen LogP contribution < -0.4 is 5.56 Å². The van der Waals surface area contributed by atoms with E-state index in [1.807, 2.05) is 36.1 Å². The van der Waals surface area contributed by atoms with E-state index in [1.165, 1.54) is 33.3 Å². The number of aromatic nitrogens is 2. The van der Waals surface area contributed by atoms with E-state index in [9.17, 15) is 13.2 Å². The summed E-state index contributed by atoms with van der Waals surface area (Å²) >= 11 is 0. The minimum Gasteiger partial charge on any atom is -0.282 e. The van der Waals surface area contributed by atoms with Crippen molar-refractivity contribution >= 4 is 20.8 Å². The van der Waals surface area contributed by atoms with E-state index in [-0.39, 0.29) is 10.5 Å². The van der Waals surface area contributed by atoms with Crippen LogP contribution in [0.15, 0.2) is 58.2 Å². The summed E-state index contributed by atoms with van der Waals surface area (Å²) in [5.74, 6) is 0. The van der Waals surface area contributed by atoms with E-state index >= 15 is 0 Å². The lowest BCUT2D eigenvalue weighted by Gasteiger charge is -2.33. The highest BCUT2D eigenvalue weighted by Crippen LogP contribution is 2.18. The van der Waals surface area contributed by atoms with Gasteiger partial charge in [-0.15, -0.1) is 0 Å². The fraction of sp³-hybridized carbons (Fsp3) is 0.286. The Morgan fingerprint density at radius 2 is 1.63 bits per heavy atom. The predicted octanol–water partition coefficient (Wildman–Crippen LogP) is 1.54. The van der Waals surface area contributed by atoms with Crippen molar-refractivity contribution in [1.82, 2.24) is 19.0 Å². The maximum absolute atomic E-state index is 12.9. The van der Waals surface area contributed by atoms with Crippen LogP contribution in [0.4, 0.5) is 0 Å². The van der Waals surface area contributed by atoms with Crippen LogP contribution in [0.25, 0.3) is 10.8 Å². The monoisotopic (exact) mass is 423 g/mol. The Hall–Kier alpha value is -3.06. The van der Waals surface area contributed by atoms with Crippen molar-refractivity contribution in [2.24, 2.45) is 0 Å². The maximum atomic E-state index is 12.9. The van der Waals surface area contributed by atoms with Gasteiger partial charge in [0, 0.05) is 31.6 Å². The summed E-state index contributed by atoms with van der Waals surface area (Å²) in [5, 5.41) is 14.8. The van der Waals surface area contributed by atoms with Gasteiger partial charge in [0.2, 0.25) is 10.0 Å². The van der Waals surface area contributed by atoms with E-state index in [0.717, 1.165) is 11.1 Å². The average molecular weight is 423 g/mol. The van der Waals surface area contributed by atoms with Gasteiger partial charge in [-0.2, -0.15) is 14.7 Å². The van der Waals surface area contributed by atoms with E-state index in [1.54, 1.807) is 6.07 Å². The van der Waals surface area contributed by atoms with Gasteiger partial charge in [-0.25, -0.2) is 13.1 Å². The second kappa shape index (κ2) is 7.99. The second-order valence-corrected chi connectivity index (χ2v) is 9.17. The van der Waals surface area contributed by atoms with Crippen LogP contribution in [0.1, 0.15) is 11.3 Å². The number of nitriles is 1. The first-order valence-electron chi connectivity index (χ1n) is 9.59. The number of hydrogen-bond acceptors (Lipinski definition) is 6. The van der Waals surface area contributed by atoms with Gasteiger partial charge in [-0.05, 0) is 37.3 Å². The summed E-state index contributed by atoms with van der Waals surface area (Å²) in [4.78, 5) is 15.0. The van der Waals surface area contributed by atoms with Gasteiger partial charge in [-0.3, -0.25) is 9.69 Å². The molecular formula is C21H21N5O3S. The molecule has 9 heteroatoms. The lowest BCUT2D eigenvalue weighted by Crippen LogP contribution is -2.49. The van der Waals surface area contributed by atoms with Crippen molar-refractivity contribution in [3.8, 4) is 6.07 Å². The molecule has 1 aromatic heterocycles. The lowest BCUT2D eigenvalue weighted by molar-refractivity contribution is 0.143. The lowest BCUT2D eigenvalue weighted by atomic mass is 10.1. The first kappa shape index (κ1) is 20.2. The third kappa shape index (κ3) is 3.73. The van der Waals surface area contributed by atoms with Crippen molar-refractivity contribution in [2.45, 2.75) is 18.5 Å². The predicted molar refractivity (Wildman–Crippen MR) is 112 cm³/mol. The molecule has 1 saturated heterocycles. The largest absolute Gasteiger partial charge is 0.282 e. The number of piperazine rings is 1. The van der Waals surface area contributed by atoms with Crippen LogP contribution >= 0.6 is 0 Å². The first-order valence-corrected chi connectivity index (χ1v) is 11.0. The molecule has 30 heavy (non-hydrogen) atoms. The third-order valence-corrected chi connectivity index (χ3v) is 7.25. The second-order valence-electron chi connectivity index (χ2n) is 7.24. The van der Waals surface area contributed by atoms with Crippen LogP contribution in [-0.4, -0.2) is 53.6 Å². The highest BCUT2D eigenvalue weighted by Gasteiger charge is 2.28. The Balaban J connectivity index is 1.47. The molecule has 2 aromatic carbocycles. The molecule has 3 aromatic rings. The molecule has 0 amide bonds. The zero-order chi connectivity index (χ0) is 21.3. The van der Waals surface area contributed by atoms with Crippen LogP contribution in [0.5, 0.6) is 0 Å². The van der Waals surface area contributed by atoms with Crippen LogP contribution in [0.2, 0.25) is 0 Å². The number of fused-ring (bicyclic) bond motifs is 1. The van der Waals surface area contributed by atoms with E-state index < -0.39 is 10.0 Å². The molecule has 8 nitrogen and oxygen atoms in total. The fourth-order valence-corrected chi connectivity index (χ4v) is 5.07. The first-order chi connectivity index (χ1) is 14.4. The molecule has 1 aliphatic rings. The van der Waals surface area contributed by atoms with Gasteiger partial charge in [0.1, 0.15) is 0 Å². The molecule has 0 unspecified atom stereocenters. The number of sulfonamides is 1. The summed E-state index contributed by atoms with van der Waals surface area (Å²) < 4.78 is 28.6. The van der Waals surface area contributed by atoms with Gasteiger partial charge >= 0.3 is 0 Å². The Morgan fingerprint density at radius 3 is 2.27 bits per heavy atom.